The highest BCUT2D eigenvalue weighted by molar-refractivity contribution is 5.85. The van der Waals surface area contributed by atoms with Crippen LogP contribution >= 0.6 is 0 Å². The fraction of sp³-hybridized carbons (Fsp3) is 0.500. The largest absolute Gasteiger partial charge is 0.481 e. The number of carboxylic acids is 1. The first-order valence-corrected chi connectivity index (χ1v) is 7.19. The van der Waals surface area contributed by atoms with Crippen LogP contribution in [-0.2, 0) is 22.6 Å². The molecule has 1 N–H and O–H groups in total. The molecule has 2 aliphatic rings. The number of hydrogen-bond donors (Lipinski definition) is 1. The summed E-state index contributed by atoms with van der Waals surface area (Å²) in [6.07, 6.45) is 3.21. The lowest BCUT2D eigenvalue weighted by Crippen LogP contribution is -2.45. The van der Waals surface area contributed by atoms with Gasteiger partial charge in [0.2, 0.25) is 5.91 Å². The van der Waals surface area contributed by atoms with Crippen molar-refractivity contribution < 1.29 is 14.7 Å². The number of hydrogen-bond acceptors (Lipinski definition) is 2. The van der Waals surface area contributed by atoms with Crippen LogP contribution in [0.15, 0.2) is 24.3 Å². The highest BCUT2D eigenvalue weighted by atomic mass is 16.4. The first-order chi connectivity index (χ1) is 9.61. The van der Waals surface area contributed by atoms with Gasteiger partial charge in [-0.15, -0.1) is 0 Å². The maximum Gasteiger partial charge on any atom is 0.310 e. The van der Waals surface area contributed by atoms with Crippen molar-refractivity contribution in [2.75, 3.05) is 6.54 Å². The second-order valence-corrected chi connectivity index (χ2v) is 5.95. The topological polar surface area (TPSA) is 57.6 Å². The van der Waals surface area contributed by atoms with Gasteiger partial charge in [-0.1, -0.05) is 30.7 Å². The predicted octanol–water partition coefficient (Wildman–Crippen LogP) is 2.22. The molecule has 0 unspecified atom stereocenters. The van der Waals surface area contributed by atoms with Gasteiger partial charge in [-0.05, 0) is 30.4 Å². The fourth-order valence-electron chi connectivity index (χ4n) is 3.18. The summed E-state index contributed by atoms with van der Waals surface area (Å²) in [6, 6.07) is 8.15. The minimum absolute atomic E-state index is 0.0124. The minimum Gasteiger partial charge on any atom is -0.481 e. The van der Waals surface area contributed by atoms with Crippen molar-refractivity contribution in [2.24, 2.45) is 5.41 Å². The van der Waals surface area contributed by atoms with Gasteiger partial charge in [-0.25, -0.2) is 0 Å². The average molecular weight is 273 g/mol. The normalized spacial score (nSPS) is 19.9. The van der Waals surface area contributed by atoms with E-state index in [-0.39, 0.29) is 12.3 Å². The molecule has 3 rings (SSSR count). The van der Waals surface area contributed by atoms with Crippen LogP contribution in [0.25, 0.3) is 0 Å². The fourth-order valence-corrected chi connectivity index (χ4v) is 3.18. The van der Waals surface area contributed by atoms with Gasteiger partial charge in [0.1, 0.15) is 0 Å². The van der Waals surface area contributed by atoms with E-state index in [1.54, 1.807) is 0 Å². The average Bonchev–Trinajstić information content (AvgIpc) is 2.41. The summed E-state index contributed by atoms with van der Waals surface area (Å²) >= 11 is 0. The molecule has 1 amide bonds. The van der Waals surface area contributed by atoms with E-state index < -0.39 is 11.4 Å². The van der Waals surface area contributed by atoms with E-state index in [4.69, 9.17) is 0 Å². The third kappa shape index (κ3) is 2.19. The van der Waals surface area contributed by atoms with E-state index in [0.717, 1.165) is 12.8 Å². The molecule has 1 heterocycles. The van der Waals surface area contributed by atoms with Crippen LogP contribution in [0.2, 0.25) is 0 Å². The molecule has 4 nitrogen and oxygen atoms in total. The second-order valence-electron chi connectivity index (χ2n) is 5.95. The summed E-state index contributed by atoms with van der Waals surface area (Å²) in [7, 11) is 0. The zero-order chi connectivity index (χ0) is 14.2. The molecular formula is C16H19NO3. The zero-order valence-corrected chi connectivity index (χ0v) is 11.5. The van der Waals surface area contributed by atoms with Crippen molar-refractivity contribution in [1.82, 2.24) is 4.90 Å². The van der Waals surface area contributed by atoms with E-state index in [2.05, 4.69) is 6.07 Å². The van der Waals surface area contributed by atoms with Crippen LogP contribution in [0.5, 0.6) is 0 Å². The Labute approximate surface area is 118 Å². The molecule has 1 saturated carbocycles. The molecule has 0 spiro atoms. The van der Waals surface area contributed by atoms with Crippen molar-refractivity contribution in [3.8, 4) is 0 Å². The van der Waals surface area contributed by atoms with E-state index in [9.17, 15) is 14.7 Å². The number of rotatable bonds is 3. The Balaban J connectivity index is 1.69. The molecule has 0 atom stereocenters. The molecule has 0 bridgehead atoms. The van der Waals surface area contributed by atoms with Gasteiger partial charge in [0.25, 0.3) is 0 Å². The molecule has 4 heteroatoms. The molecular weight excluding hydrogens is 254 g/mol. The Bertz CT molecular complexity index is 548. The molecule has 0 saturated heterocycles. The summed E-state index contributed by atoms with van der Waals surface area (Å²) in [4.78, 5) is 25.5. The van der Waals surface area contributed by atoms with Crippen molar-refractivity contribution in [3.05, 3.63) is 35.4 Å². The number of carbonyl (C=O) groups is 2. The summed E-state index contributed by atoms with van der Waals surface area (Å²) in [5.74, 6) is -0.823. The molecule has 1 aliphatic heterocycles. The number of carboxylic acid groups (broad SMARTS) is 1. The summed E-state index contributed by atoms with van der Waals surface area (Å²) in [5, 5.41) is 9.32. The van der Waals surface area contributed by atoms with Crippen LogP contribution < -0.4 is 0 Å². The van der Waals surface area contributed by atoms with E-state index in [1.165, 1.54) is 11.1 Å². The van der Waals surface area contributed by atoms with Crippen LogP contribution in [-0.4, -0.2) is 28.4 Å². The molecule has 1 fully saturated rings. The third-order valence-electron chi connectivity index (χ3n) is 4.74. The number of benzene rings is 1. The lowest BCUT2D eigenvalue weighted by Gasteiger charge is -2.39. The highest BCUT2D eigenvalue weighted by Crippen LogP contribution is 2.44. The smallest absolute Gasteiger partial charge is 0.310 e. The maximum atomic E-state index is 12.4. The SMILES string of the molecule is O=C(CC1(C(=O)O)CCC1)N1CCc2ccccc2C1. The van der Waals surface area contributed by atoms with E-state index in [1.807, 2.05) is 23.1 Å². The highest BCUT2D eigenvalue weighted by Gasteiger charge is 2.46. The standard InChI is InChI=1S/C16H19NO3/c18-14(10-16(15(19)20)7-3-8-16)17-9-6-12-4-1-2-5-13(12)11-17/h1-2,4-5H,3,6-11H2,(H,19,20). The first kappa shape index (κ1) is 13.2. The lowest BCUT2D eigenvalue weighted by atomic mass is 9.66. The number of aliphatic carboxylic acids is 1. The molecule has 1 aromatic carbocycles. The number of amides is 1. The van der Waals surface area contributed by atoms with Gasteiger partial charge in [0.05, 0.1) is 5.41 Å². The van der Waals surface area contributed by atoms with Crippen molar-refractivity contribution in [2.45, 2.75) is 38.6 Å². The van der Waals surface area contributed by atoms with Gasteiger partial charge in [-0.2, -0.15) is 0 Å². The Morgan fingerprint density at radius 3 is 2.50 bits per heavy atom. The van der Waals surface area contributed by atoms with Crippen LogP contribution in [0.1, 0.15) is 36.8 Å². The van der Waals surface area contributed by atoms with E-state index >= 15 is 0 Å². The maximum absolute atomic E-state index is 12.4. The molecule has 1 aromatic rings. The van der Waals surface area contributed by atoms with Gasteiger partial charge < -0.3 is 10.0 Å². The van der Waals surface area contributed by atoms with Crippen molar-refractivity contribution in [1.29, 1.82) is 0 Å². The Kier molecular flexibility index (Phi) is 3.24. The molecule has 0 aromatic heterocycles. The summed E-state index contributed by atoms with van der Waals surface area (Å²) < 4.78 is 0. The lowest BCUT2D eigenvalue weighted by molar-refractivity contribution is -0.159. The number of carbonyl (C=O) groups excluding carboxylic acids is 1. The minimum atomic E-state index is -0.811. The van der Waals surface area contributed by atoms with Crippen LogP contribution in [0.4, 0.5) is 0 Å². The number of nitrogens with zero attached hydrogens (tertiary/aromatic N) is 1. The quantitative estimate of drug-likeness (QED) is 0.918. The molecule has 106 valence electrons. The molecule has 1 aliphatic carbocycles. The molecule has 0 radical (unpaired) electrons. The van der Waals surface area contributed by atoms with Crippen molar-refractivity contribution >= 4 is 11.9 Å². The first-order valence-electron chi connectivity index (χ1n) is 7.19. The van der Waals surface area contributed by atoms with Gasteiger partial charge in [-0.3, -0.25) is 9.59 Å². The van der Waals surface area contributed by atoms with Gasteiger partial charge in [0.15, 0.2) is 0 Å². The Morgan fingerprint density at radius 1 is 1.20 bits per heavy atom. The number of fused-ring (bicyclic) bond motifs is 1. The summed E-state index contributed by atoms with van der Waals surface area (Å²) in [5.41, 5.74) is 1.70. The zero-order valence-electron chi connectivity index (χ0n) is 11.5. The summed E-state index contributed by atoms with van der Waals surface area (Å²) in [6.45, 7) is 1.32. The van der Waals surface area contributed by atoms with Crippen molar-refractivity contribution in [3.63, 3.8) is 0 Å². The van der Waals surface area contributed by atoms with Gasteiger partial charge in [0, 0.05) is 19.5 Å². The van der Waals surface area contributed by atoms with E-state index in [0.29, 0.717) is 25.9 Å². The van der Waals surface area contributed by atoms with Crippen LogP contribution in [0.3, 0.4) is 0 Å². The third-order valence-corrected chi connectivity index (χ3v) is 4.74. The Hall–Kier alpha value is -1.84. The second kappa shape index (κ2) is 4.93. The Morgan fingerprint density at radius 2 is 1.90 bits per heavy atom. The predicted molar refractivity (Wildman–Crippen MR) is 74.1 cm³/mol. The van der Waals surface area contributed by atoms with Crippen LogP contribution in [0, 0.1) is 5.41 Å². The van der Waals surface area contributed by atoms with Gasteiger partial charge >= 0.3 is 5.97 Å². The monoisotopic (exact) mass is 273 g/mol. The molecule has 20 heavy (non-hydrogen) atoms.